The van der Waals surface area contributed by atoms with Gasteiger partial charge in [-0.05, 0) is 49.1 Å². The van der Waals surface area contributed by atoms with E-state index in [1.54, 1.807) is 29.0 Å². The number of fused-ring (bicyclic) bond motifs is 2. The second-order valence-electron chi connectivity index (χ2n) is 7.65. The zero-order chi connectivity index (χ0) is 23.4. The molecule has 3 aromatic heterocycles. The van der Waals surface area contributed by atoms with Gasteiger partial charge in [0.25, 0.3) is 11.5 Å². The maximum atomic E-state index is 13.3. The lowest BCUT2D eigenvalue weighted by Crippen LogP contribution is -2.32. The van der Waals surface area contributed by atoms with Crippen LogP contribution in [0.25, 0.3) is 16.7 Å². The Bertz CT molecular complexity index is 1450. The van der Waals surface area contributed by atoms with Gasteiger partial charge in [0.05, 0.1) is 23.6 Å². The van der Waals surface area contributed by atoms with E-state index >= 15 is 0 Å². The predicted molar refractivity (Wildman–Crippen MR) is 128 cm³/mol. The lowest BCUT2D eigenvalue weighted by molar-refractivity contribution is -0.113. The van der Waals surface area contributed by atoms with Gasteiger partial charge in [0.2, 0.25) is 0 Å². The molecule has 0 bridgehead atoms. The van der Waals surface area contributed by atoms with Gasteiger partial charge >= 0.3 is 0 Å². The number of rotatable bonds is 5. The van der Waals surface area contributed by atoms with Crippen LogP contribution in [-0.4, -0.2) is 38.8 Å². The molecule has 8 nitrogen and oxygen atoms in total. The second kappa shape index (κ2) is 9.98. The normalized spacial score (nSPS) is 17.0. The molecule has 1 unspecified atom stereocenters. The Kier molecular flexibility index (Phi) is 6.87. The highest BCUT2D eigenvalue weighted by molar-refractivity contribution is 8.01. The highest BCUT2D eigenvalue weighted by Crippen LogP contribution is 2.17. The molecule has 0 spiro atoms. The van der Waals surface area contributed by atoms with Gasteiger partial charge in [-0.3, -0.25) is 14.0 Å². The van der Waals surface area contributed by atoms with Crippen molar-refractivity contribution in [1.29, 1.82) is 5.26 Å². The molecule has 4 heterocycles. The molecule has 1 aliphatic heterocycles. The Morgan fingerprint density at radius 1 is 1.42 bits per heavy atom. The molecule has 9 heteroatoms. The second-order valence-corrected chi connectivity index (χ2v) is 8.40. The molecule has 0 aliphatic carbocycles. The molecular weight excluding hydrogens is 438 g/mol. The summed E-state index contributed by atoms with van der Waals surface area (Å²) < 4.78 is 8.96. The molecule has 3 aromatic rings. The van der Waals surface area contributed by atoms with E-state index in [4.69, 9.17) is 9.72 Å². The van der Waals surface area contributed by atoms with Crippen LogP contribution in [0.15, 0.2) is 57.8 Å². The van der Waals surface area contributed by atoms with E-state index in [-0.39, 0.29) is 28.1 Å². The van der Waals surface area contributed by atoms with Crippen LogP contribution in [0.3, 0.4) is 0 Å². The molecule has 1 fully saturated rings. The lowest BCUT2D eigenvalue weighted by atomic mass is 10.2. The van der Waals surface area contributed by atoms with Gasteiger partial charge in [0.15, 0.2) is 5.49 Å². The third-order valence-electron chi connectivity index (χ3n) is 5.42. The number of aryl methyl sites for hydroxylation is 1. The van der Waals surface area contributed by atoms with Crippen molar-refractivity contribution in [3.05, 3.63) is 75.0 Å². The van der Waals surface area contributed by atoms with Crippen molar-refractivity contribution in [2.75, 3.05) is 12.9 Å². The quantitative estimate of drug-likeness (QED) is 0.329. The van der Waals surface area contributed by atoms with Gasteiger partial charge in [-0.1, -0.05) is 18.2 Å². The Balaban J connectivity index is 2.02. The molecule has 0 N–H and O–H groups in total. The van der Waals surface area contributed by atoms with E-state index in [0.717, 1.165) is 18.4 Å². The summed E-state index contributed by atoms with van der Waals surface area (Å²) in [5, 5.41) is 12.0. The van der Waals surface area contributed by atoms with E-state index in [9.17, 15) is 14.9 Å². The maximum Gasteiger partial charge on any atom is 0.271 e. The number of carbonyl (C=O) groups is 1. The van der Waals surface area contributed by atoms with Crippen molar-refractivity contribution in [1.82, 2.24) is 14.0 Å². The Morgan fingerprint density at radius 2 is 2.27 bits per heavy atom. The van der Waals surface area contributed by atoms with Crippen molar-refractivity contribution in [3.63, 3.8) is 0 Å². The average Bonchev–Trinajstić information content (AvgIpc) is 3.32. The monoisotopic (exact) mass is 461 g/mol. The number of pyridine rings is 2. The number of aromatic nitrogens is 3. The van der Waals surface area contributed by atoms with E-state index in [2.05, 4.69) is 11.1 Å². The molecule has 1 aliphatic rings. The minimum atomic E-state index is -0.508. The van der Waals surface area contributed by atoms with Crippen molar-refractivity contribution in [3.8, 4) is 6.07 Å². The number of allylic oxidation sites excluding steroid dienone is 2. The molecule has 1 amide bonds. The summed E-state index contributed by atoms with van der Waals surface area (Å²) in [6.07, 6.45) is 9.89. The van der Waals surface area contributed by atoms with Gasteiger partial charge in [-0.25, -0.2) is 4.98 Å². The average molecular weight is 462 g/mol. The molecule has 0 radical (unpaired) electrons. The Hall–Kier alpha value is -3.48. The van der Waals surface area contributed by atoms with E-state index in [0.29, 0.717) is 24.4 Å². The molecule has 0 aromatic carbocycles. The number of thioether (sulfide) groups is 1. The number of ether oxygens (including phenoxy) is 1. The van der Waals surface area contributed by atoms with E-state index in [1.807, 2.05) is 24.7 Å². The first kappa shape index (κ1) is 22.7. The summed E-state index contributed by atoms with van der Waals surface area (Å²) in [5.41, 5.74) is 1.75. The van der Waals surface area contributed by atoms with Crippen LogP contribution >= 0.6 is 11.8 Å². The van der Waals surface area contributed by atoms with Crippen LogP contribution in [0.1, 0.15) is 24.0 Å². The minimum absolute atomic E-state index is 0.117. The fraction of sp³-hybridized carbons (Fsp3) is 0.292. The maximum absolute atomic E-state index is 13.3. The highest BCUT2D eigenvalue weighted by atomic mass is 32.2. The number of hydrogen-bond acceptors (Lipinski definition) is 6. The number of hydrogen-bond donors (Lipinski definition) is 0. The minimum Gasteiger partial charge on any atom is -0.376 e. The van der Waals surface area contributed by atoms with Crippen molar-refractivity contribution >= 4 is 34.3 Å². The fourth-order valence-corrected chi connectivity index (χ4v) is 4.11. The first-order chi connectivity index (χ1) is 16.0. The largest absolute Gasteiger partial charge is 0.376 e. The third kappa shape index (κ3) is 4.67. The molecule has 0 saturated carbocycles. The van der Waals surface area contributed by atoms with Gasteiger partial charge in [0, 0.05) is 18.9 Å². The van der Waals surface area contributed by atoms with Gasteiger partial charge in [-0.15, -0.1) is 11.8 Å². The standard InChI is InChI=1S/C24H23N5O3S/c1-16-7-5-10-28-21(16)27-23-19(24(28)31)13-17(14-25)22(26-20(30)9-3-4-12-33-2)29(23)15-18-8-6-11-32-18/h3-5,7,9-10,12-13,18H,6,8,11,15H2,1-2H3. The summed E-state index contributed by atoms with van der Waals surface area (Å²) in [6, 6.07) is 7.22. The van der Waals surface area contributed by atoms with Crippen LogP contribution in [-0.2, 0) is 16.1 Å². The number of nitrogens with zero attached hydrogens (tertiary/aromatic N) is 5. The number of carbonyl (C=O) groups excluding carboxylic acids is 1. The topological polar surface area (TPSA) is 102 Å². The van der Waals surface area contributed by atoms with Crippen LogP contribution in [0, 0.1) is 18.3 Å². The van der Waals surface area contributed by atoms with Gasteiger partial charge in [-0.2, -0.15) is 10.3 Å². The zero-order valence-corrected chi connectivity index (χ0v) is 19.2. The van der Waals surface area contributed by atoms with Crippen molar-refractivity contribution < 1.29 is 9.53 Å². The van der Waals surface area contributed by atoms with Crippen LogP contribution < -0.4 is 11.0 Å². The molecular formula is C24H23N5O3S. The van der Waals surface area contributed by atoms with Crippen LogP contribution in [0.5, 0.6) is 0 Å². The van der Waals surface area contributed by atoms with E-state index in [1.165, 1.54) is 28.3 Å². The summed E-state index contributed by atoms with van der Waals surface area (Å²) in [5.74, 6) is -0.508. The SMILES string of the molecule is CSC=CC=CC(=O)N=c1c(C#N)cc2c(=O)n3cccc(C)c3nc2n1CC1CCCO1. The number of amides is 1. The summed E-state index contributed by atoms with van der Waals surface area (Å²) in [6.45, 7) is 2.86. The number of nitriles is 1. The van der Waals surface area contributed by atoms with Crippen LogP contribution in [0.2, 0.25) is 0 Å². The molecule has 4 rings (SSSR count). The van der Waals surface area contributed by atoms with Gasteiger partial charge < -0.3 is 9.30 Å². The zero-order valence-electron chi connectivity index (χ0n) is 18.4. The molecule has 168 valence electrons. The summed E-state index contributed by atoms with van der Waals surface area (Å²) in [7, 11) is 0. The Labute approximate surface area is 194 Å². The molecule has 1 saturated heterocycles. The first-order valence-electron chi connectivity index (χ1n) is 10.6. The Morgan fingerprint density at radius 3 is 3.00 bits per heavy atom. The van der Waals surface area contributed by atoms with E-state index < -0.39 is 5.91 Å². The predicted octanol–water partition coefficient (Wildman–Crippen LogP) is 2.87. The summed E-state index contributed by atoms with van der Waals surface area (Å²) in [4.78, 5) is 34.8. The van der Waals surface area contributed by atoms with Gasteiger partial charge in [0.1, 0.15) is 17.4 Å². The van der Waals surface area contributed by atoms with Crippen molar-refractivity contribution in [2.45, 2.75) is 32.4 Å². The molecule has 33 heavy (non-hydrogen) atoms. The van der Waals surface area contributed by atoms with Crippen molar-refractivity contribution in [2.24, 2.45) is 4.99 Å². The third-order valence-corrected chi connectivity index (χ3v) is 5.85. The fourth-order valence-electron chi connectivity index (χ4n) is 3.86. The summed E-state index contributed by atoms with van der Waals surface area (Å²) >= 11 is 1.51. The van der Waals surface area contributed by atoms with Crippen LogP contribution in [0.4, 0.5) is 0 Å². The smallest absolute Gasteiger partial charge is 0.271 e. The lowest BCUT2D eigenvalue weighted by Gasteiger charge is -2.17. The highest BCUT2D eigenvalue weighted by Gasteiger charge is 2.21. The first-order valence-corrected chi connectivity index (χ1v) is 11.8. The molecule has 1 atom stereocenters.